The lowest BCUT2D eigenvalue weighted by molar-refractivity contribution is -0.122. The van der Waals surface area contributed by atoms with Gasteiger partial charge in [0.15, 0.2) is 6.10 Å². The van der Waals surface area contributed by atoms with Gasteiger partial charge in [-0.2, -0.15) is 0 Å². The van der Waals surface area contributed by atoms with E-state index in [0.29, 0.717) is 10.8 Å². The minimum absolute atomic E-state index is 0.199. The van der Waals surface area contributed by atoms with Crippen LogP contribution in [0.3, 0.4) is 0 Å². The Balaban J connectivity index is 1.99. The summed E-state index contributed by atoms with van der Waals surface area (Å²) in [5.74, 6) is 0.424. The minimum Gasteiger partial charge on any atom is -0.481 e. The van der Waals surface area contributed by atoms with Crippen LogP contribution in [0.4, 0.5) is 5.69 Å². The van der Waals surface area contributed by atoms with Gasteiger partial charge in [-0.3, -0.25) is 4.79 Å². The Morgan fingerprint density at radius 1 is 1.28 bits per heavy atom. The van der Waals surface area contributed by atoms with E-state index in [9.17, 15) is 4.79 Å². The molecule has 3 nitrogen and oxygen atoms in total. The van der Waals surface area contributed by atoms with Crippen LogP contribution in [-0.2, 0) is 11.2 Å². The normalized spacial score (nSPS) is 11.9. The molecule has 0 saturated heterocycles. The van der Waals surface area contributed by atoms with Crippen molar-refractivity contribution in [3.05, 3.63) is 57.0 Å². The Morgan fingerprint density at radius 3 is 2.68 bits per heavy atom. The quantitative estimate of drug-likeness (QED) is 0.578. The van der Waals surface area contributed by atoms with E-state index in [-0.39, 0.29) is 5.91 Å². The van der Waals surface area contributed by atoms with Crippen LogP contribution in [0, 0.1) is 6.92 Å². The summed E-state index contributed by atoms with van der Waals surface area (Å²) >= 11 is 9.54. The number of carbonyl (C=O) groups is 1. The molecule has 0 bridgehead atoms. The summed E-state index contributed by atoms with van der Waals surface area (Å²) in [4.78, 5) is 12.4. The predicted octanol–water partition coefficient (Wildman–Crippen LogP) is 6.16. The molecule has 0 fully saturated rings. The smallest absolute Gasteiger partial charge is 0.265 e. The highest BCUT2D eigenvalue weighted by molar-refractivity contribution is 9.10. The number of halogens is 2. The van der Waals surface area contributed by atoms with E-state index in [0.717, 1.165) is 35.0 Å². The van der Waals surface area contributed by atoms with E-state index in [2.05, 4.69) is 34.2 Å². The molecular weight excluding hydrogens is 402 g/mol. The van der Waals surface area contributed by atoms with Crippen molar-refractivity contribution in [1.29, 1.82) is 0 Å². The average Bonchev–Trinajstić information content (AvgIpc) is 2.58. The minimum atomic E-state index is -0.618. The van der Waals surface area contributed by atoms with Crippen molar-refractivity contribution in [1.82, 2.24) is 0 Å². The number of aryl methyl sites for hydroxylation is 2. The first kappa shape index (κ1) is 19.8. The summed E-state index contributed by atoms with van der Waals surface area (Å²) in [5, 5.41) is 3.58. The molecule has 1 amide bonds. The van der Waals surface area contributed by atoms with Crippen molar-refractivity contribution in [3.8, 4) is 5.75 Å². The van der Waals surface area contributed by atoms with Crippen molar-refractivity contribution in [2.45, 2.75) is 46.1 Å². The summed E-state index contributed by atoms with van der Waals surface area (Å²) in [6, 6.07) is 11.4. The van der Waals surface area contributed by atoms with Crippen LogP contribution in [0.15, 0.2) is 40.9 Å². The third-order valence-electron chi connectivity index (χ3n) is 3.92. The van der Waals surface area contributed by atoms with Crippen LogP contribution in [-0.4, -0.2) is 12.0 Å². The van der Waals surface area contributed by atoms with Crippen molar-refractivity contribution in [3.63, 3.8) is 0 Å². The van der Waals surface area contributed by atoms with Gasteiger partial charge in [-0.25, -0.2) is 0 Å². The van der Waals surface area contributed by atoms with E-state index < -0.39 is 6.10 Å². The second-order valence-corrected chi connectivity index (χ2v) is 7.34. The monoisotopic (exact) mass is 423 g/mol. The molecular formula is C20H23BrClNO2. The van der Waals surface area contributed by atoms with Gasteiger partial charge in [-0.05, 0) is 84.1 Å². The summed E-state index contributed by atoms with van der Waals surface area (Å²) in [5.41, 5.74) is 2.91. The largest absolute Gasteiger partial charge is 0.481 e. The molecule has 134 valence electrons. The Morgan fingerprint density at radius 2 is 2.04 bits per heavy atom. The first-order valence-electron chi connectivity index (χ1n) is 8.42. The van der Waals surface area contributed by atoms with E-state index in [4.69, 9.17) is 16.3 Å². The number of amides is 1. The first-order valence-corrected chi connectivity index (χ1v) is 9.60. The number of anilines is 1. The third kappa shape index (κ3) is 5.75. The molecule has 25 heavy (non-hydrogen) atoms. The Hall–Kier alpha value is -1.52. The van der Waals surface area contributed by atoms with E-state index in [1.165, 1.54) is 5.56 Å². The van der Waals surface area contributed by atoms with Gasteiger partial charge < -0.3 is 10.1 Å². The highest BCUT2D eigenvalue weighted by Crippen LogP contribution is 2.26. The number of unbranched alkanes of at least 4 members (excludes halogenated alkanes) is 1. The molecule has 2 aromatic rings. The van der Waals surface area contributed by atoms with Crippen molar-refractivity contribution in [2.24, 2.45) is 0 Å². The molecule has 0 aliphatic rings. The molecule has 0 radical (unpaired) electrons. The lowest BCUT2D eigenvalue weighted by atomic mass is 10.1. The maximum Gasteiger partial charge on any atom is 0.265 e. The van der Waals surface area contributed by atoms with Crippen LogP contribution in [0.25, 0.3) is 0 Å². The highest BCUT2D eigenvalue weighted by atomic mass is 79.9. The molecule has 2 rings (SSSR count). The number of ether oxygens (including phenoxy) is 1. The Bertz CT molecular complexity index is 748. The van der Waals surface area contributed by atoms with Gasteiger partial charge in [0.05, 0.1) is 5.69 Å². The summed E-state index contributed by atoms with van der Waals surface area (Å²) in [6.45, 7) is 5.80. The predicted molar refractivity (Wildman–Crippen MR) is 108 cm³/mol. The zero-order chi connectivity index (χ0) is 18.4. The molecule has 2 aromatic carbocycles. The molecule has 0 aliphatic heterocycles. The topological polar surface area (TPSA) is 38.3 Å². The lowest BCUT2D eigenvalue weighted by Gasteiger charge is -2.16. The SMILES string of the molecule is CCCCc1ccc(NC(=O)C(C)Oc2ccc(Cl)c(C)c2)c(Br)c1. The molecule has 0 heterocycles. The van der Waals surface area contributed by atoms with Crippen molar-refractivity contribution in [2.75, 3.05) is 5.32 Å². The zero-order valence-electron chi connectivity index (χ0n) is 14.7. The Kier molecular flexibility index (Phi) is 7.33. The van der Waals surface area contributed by atoms with Gasteiger partial charge in [-0.1, -0.05) is 31.0 Å². The fourth-order valence-corrected chi connectivity index (χ4v) is 3.02. The molecule has 5 heteroatoms. The number of nitrogens with one attached hydrogen (secondary N) is 1. The van der Waals surface area contributed by atoms with Crippen molar-refractivity contribution < 1.29 is 9.53 Å². The van der Waals surface area contributed by atoms with Gasteiger partial charge in [-0.15, -0.1) is 0 Å². The number of hydrogen-bond donors (Lipinski definition) is 1. The van der Waals surface area contributed by atoms with Gasteiger partial charge >= 0.3 is 0 Å². The Labute approximate surface area is 162 Å². The number of carbonyl (C=O) groups excluding carboxylic acids is 1. The van der Waals surface area contributed by atoms with E-state index in [1.54, 1.807) is 19.1 Å². The van der Waals surface area contributed by atoms with Crippen LogP contribution in [0.1, 0.15) is 37.8 Å². The summed E-state index contributed by atoms with van der Waals surface area (Å²) in [6.07, 6.45) is 2.74. The average molecular weight is 425 g/mol. The molecule has 1 unspecified atom stereocenters. The van der Waals surface area contributed by atoms with Gasteiger partial charge in [0.2, 0.25) is 0 Å². The fourth-order valence-electron chi connectivity index (χ4n) is 2.38. The number of rotatable bonds is 7. The number of hydrogen-bond acceptors (Lipinski definition) is 2. The molecule has 1 atom stereocenters. The van der Waals surface area contributed by atoms with E-state index >= 15 is 0 Å². The summed E-state index contributed by atoms with van der Waals surface area (Å²) < 4.78 is 6.59. The second-order valence-electron chi connectivity index (χ2n) is 6.08. The summed E-state index contributed by atoms with van der Waals surface area (Å²) in [7, 11) is 0. The first-order chi connectivity index (χ1) is 11.9. The number of benzene rings is 2. The molecule has 0 spiro atoms. The standard InChI is InChI=1S/C20H23BrClNO2/c1-4-5-6-15-7-10-19(17(21)12-15)23-20(24)14(3)25-16-8-9-18(22)13(2)11-16/h7-12,14H,4-6H2,1-3H3,(H,23,24). The maximum absolute atomic E-state index is 12.4. The second kappa shape index (κ2) is 9.25. The van der Waals surface area contributed by atoms with Gasteiger partial charge in [0.25, 0.3) is 5.91 Å². The molecule has 0 aromatic heterocycles. The van der Waals surface area contributed by atoms with Crippen molar-refractivity contribution >= 4 is 39.1 Å². The van der Waals surface area contributed by atoms with Crippen LogP contribution in [0.2, 0.25) is 5.02 Å². The van der Waals surface area contributed by atoms with Crippen LogP contribution in [0.5, 0.6) is 5.75 Å². The lowest BCUT2D eigenvalue weighted by Crippen LogP contribution is -2.30. The molecule has 0 saturated carbocycles. The highest BCUT2D eigenvalue weighted by Gasteiger charge is 2.16. The van der Waals surface area contributed by atoms with Crippen LogP contribution < -0.4 is 10.1 Å². The van der Waals surface area contributed by atoms with E-state index in [1.807, 2.05) is 25.1 Å². The molecule has 1 N–H and O–H groups in total. The fraction of sp³-hybridized carbons (Fsp3) is 0.350. The zero-order valence-corrected chi connectivity index (χ0v) is 17.1. The van der Waals surface area contributed by atoms with Gasteiger partial charge in [0, 0.05) is 9.50 Å². The maximum atomic E-state index is 12.4. The van der Waals surface area contributed by atoms with Gasteiger partial charge in [0.1, 0.15) is 5.75 Å². The molecule has 0 aliphatic carbocycles. The third-order valence-corrected chi connectivity index (χ3v) is 5.00. The van der Waals surface area contributed by atoms with Crippen LogP contribution >= 0.6 is 27.5 Å².